The highest BCUT2D eigenvalue weighted by molar-refractivity contribution is 5.74. The van der Waals surface area contributed by atoms with Crippen LogP contribution in [0.25, 0.3) is 22.6 Å². The Morgan fingerprint density at radius 1 is 0.771 bits per heavy atom. The first-order valence-electron chi connectivity index (χ1n) is 12.2. The summed E-state index contributed by atoms with van der Waals surface area (Å²) in [6.45, 7) is 2.94. The molecule has 0 saturated heterocycles. The van der Waals surface area contributed by atoms with E-state index in [4.69, 9.17) is 18.7 Å². The van der Waals surface area contributed by atoms with Gasteiger partial charge in [0.1, 0.15) is 23.3 Å². The Hall–Kier alpha value is -3.57. The van der Waals surface area contributed by atoms with Gasteiger partial charge in [-0.15, -0.1) is 0 Å². The highest BCUT2D eigenvalue weighted by atomic mass is 16.5. The van der Waals surface area contributed by atoms with Gasteiger partial charge in [0.05, 0.1) is 19.3 Å². The van der Waals surface area contributed by atoms with Gasteiger partial charge in [-0.2, -0.15) is 0 Å². The molecule has 0 fully saturated rings. The van der Waals surface area contributed by atoms with Crippen molar-refractivity contribution in [1.82, 2.24) is 5.16 Å². The second kappa shape index (κ2) is 12.2. The number of nitrogens with zero attached hydrogens (tertiary/aromatic N) is 1. The third-order valence-electron chi connectivity index (χ3n) is 6.07. The van der Waals surface area contributed by atoms with E-state index in [1.165, 1.54) is 19.3 Å². The highest BCUT2D eigenvalue weighted by Crippen LogP contribution is 2.41. The fourth-order valence-electron chi connectivity index (χ4n) is 4.17. The van der Waals surface area contributed by atoms with Crippen molar-refractivity contribution < 1.29 is 18.7 Å². The number of benzene rings is 3. The average Bonchev–Trinajstić information content (AvgIpc) is 3.35. The minimum absolute atomic E-state index is 0.369. The lowest BCUT2D eigenvalue weighted by Gasteiger charge is -2.18. The normalized spacial score (nSPS) is 11.9. The molecule has 4 aromatic rings. The molecule has 0 bridgehead atoms. The van der Waals surface area contributed by atoms with Crippen LogP contribution in [0, 0.1) is 0 Å². The number of ether oxygens (including phenoxy) is 3. The first-order valence-corrected chi connectivity index (χ1v) is 12.2. The predicted molar refractivity (Wildman–Crippen MR) is 139 cm³/mol. The molecule has 1 atom stereocenters. The van der Waals surface area contributed by atoms with Crippen molar-refractivity contribution in [2.75, 3.05) is 20.8 Å². The van der Waals surface area contributed by atoms with Crippen LogP contribution < -0.4 is 9.47 Å². The zero-order chi connectivity index (χ0) is 24.5. The summed E-state index contributed by atoms with van der Waals surface area (Å²) in [5, 5.41) is 4.48. The Morgan fingerprint density at radius 3 is 2.14 bits per heavy atom. The summed E-state index contributed by atoms with van der Waals surface area (Å²) in [4.78, 5) is 0. The molecular weight excluding hydrogens is 438 g/mol. The lowest BCUT2D eigenvalue weighted by molar-refractivity contribution is 0.137. The van der Waals surface area contributed by atoms with E-state index in [-0.39, 0.29) is 6.10 Å². The van der Waals surface area contributed by atoms with Crippen molar-refractivity contribution in [2.45, 2.75) is 38.7 Å². The van der Waals surface area contributed by atoms with Gasteiger partial charge >= 0.3 is 0 Å². The molecule has 0 aliphatic heterocycles. The van der Waals surface area contributed by atoms with Crippen LogP contribution in [0.2, 0.25) is 0 Å². The third kappa shape index (κ3) is 5.92. The summed E-state index contributed by atoms with van der Waals surface area (Å²) in [5.41, 5.74) is 4.53. The number of methoxy groups -OCH3 is 2. The first-order chi connectivity index (χ1) is 17.2. The summed E-state index contributed by atoms with van der Waals surface area (Å²) < 4.78 is 23.2. The molecule has 5 heteroatoms. The van der Waals surface area contributed by atoms with E-state index in [0.29, 0.717) is 5.76 Å². The van der Waals surface area contributed by atoms with Crippen molar-refractivity contribution in [3.05, 3.63) is 90.0 Å². The molecular formula is C30H33NO4. The molecule has 1 aromatic heterocycles. The molecule has 0 spiro atoms. The molecule has 1 unspecified atom stereocenters. The lowest BCUT2D eigenvalue weighted by atomic mass is 9.94. The van der Waals surface area contributed by atoms with E-state index in [0.717, 1.165) is 52.5 Å². The van der Waals surface area contributed by atoms with Gasteiger partial charge in [-0.05, 0) is 48.4 Å². The molecule has 0 N–H and O–H groups in total. The van der Waals surface area contributed by atoms with Gasteiger partial charge in [-0.1, -0.05) is 73.8 Å². The Bertz CT molecular complexity index is 1170. The molecule has 35 heavy (non-hydrogen) atoms. The van der Waals surface area contributed by atoms with E-state index in [1.807, 2.05) is 78.9 Å². The number of hydrogen-bond donors (Lipinski definition) is 0. The van der Waals surface area contributed by atoms with E-state index in [1.54, 1.807) is 14.2 Å². The van der Waals surface area contributed by atoms with Gasteiger partial charge in [-0.25, -0.2) is 0 Å². The Morgan fingerprint density at radius 2 is 1.49 bits per heavy atom. The molecule has 0 amide bonds. The van der Waals surface area contributed by atoms with E-state index >= 15 is 0 Å². The van der Waals surface area contributed by atoms with Crippen molar-refractivity contribution in [2.24, 2.45) is 0 Å². The summed E-state index contributed by atoms with van der Waals surface area (Å²) in [6, 6.07) is 25.9. The predicted octanol–water partition coefficient (Wildman–Crippen LogP) is 7.71. The van der Waals surface area contributed by atoms with Crippen LogP contribution in [0.3, 0.4) is 0 Å². The van der Waals surface area contributed by atoms with Crippen LogP contribution in [0.1, 0.15) is 49.8 Å². The van der Waals surface area contributed by atoms with Gasteiger partial charge < -0.3 is 18.7 Å². The quantitative estimate of drug-likeness (QED) is 0.198. The van der Waals surface area contributed by atoms with Crippen LogP contribution >= 0.6 is 0 Å². The lowest BCUT2D eigenvalue weighted by Crippen LogP contribution is -2.06. The molecule has 1 heterocycles. The monoisotopic (exact) mass is 471 g/mol. The summed E-state index contributed by atoms with van der Waals surface area (Å²) in [5.74, 6) is 2.33. The minimum atomic E-state index is -0.369. The van der Waals surface area contributed by atoms with Crippen molar-refractivity contribution in [1.29, 1.82) is 0 Å². The van der Waals surface area contributed by atoms with Crippen molar-refractivity contribution in [3.8, 4) is 34.1 Å². The number of unbranched alkanes of at least 4 members (excludes halogenated alkanes) is 3. The second-order valence-electron chi connectivity index (χ2n) is 8.46. The van der Waals surface area contributed by atoms with Gasteiger partial charge in [0, 0.05) is 18.2 Å². The number of rotatable bonds is 12. The SMILES string of the molecule is CCCCCCOc1ccc(-c2onc(-c3ccccc3)c2C(OC)c2ccc(OC)cc2)cc1. The smallest absolute Gasteiger partial charge is 0.173 e. The molecule has 0 aliphatic rings. The van der Waals surface area contributed by atoms with Crippen molar-refractivity contribution in [3.63, 3.8) is 0 Å². The van der Waals surface area contributed by atoms with Crippen LogP contribution in [0.5, 0.6) is 11.5 Å². The maximum atomic E-state index is 6.02. The van der Waals surface area contributed by atoms with Gasteiger partial charge in [0.2, 0.25) is 0 Å². The molecule has 0 saturated carbocycles. The average molecular weight is 472 g/mol. The van der Waals surface area contributed by atoms with Crippen LogP contribution in [0.15, 0.2) is 83.4 Å². The summed E-state index contributed by atoms with van der Waals surface area (Å²) in [6.07, 6.45) is 4.36. The zero-order valence-corrected chi connectivity index (χ0v) is 20.7. The largest absolute Gasteiger partial charge is 0.497 e. The molecule has 4 rings (SSSR count). The molecule has 182 valence electrons. The maximum absolute atomic E-state index is 6.02. The van der Waals surface area contributed by atoms with Crippen LogP contribution in [-0.2, 0) is 4.74 Å². The molecule has 0 aliphatic carbocycles. The first kappa shape index (κ1) is 24.6. The Labute approximate surface area is 207 Å². The fourth-order valence-corrected chi connectivity index (χ4v) is 4.17. The van der Waals surface area contributed by atoms with E-state index in [9.17, 15) is 0 Å². The Kier molecular flexibility index (Phi) is 8.58. The van der Waals surface area contributed by atoms with Crippen molar-refractivity contribution >= 4 is 0 Å². The summed E-state index contributed by atoms with van der Waals surface area (Å²) >= 11 is 0. The molecule has 5 nitrogen and oxygen atoms in total. The highest BCUT2D eigenvalue weighted by Gasteiger charge is 2.28. The van der Waals surface area contributed by atoms with Crippen LogP contribution in [-0.4, -0.2) is 26.0 Å². The standard InChI is InChI=1S/C30H33NO4/c1-4-5-6-10-21-34-26-19-15-24(16-20-26)30-27(28(31-35-30)22-11-8-7-9-12-22)29(33-3)23-13-17-25(32-2)18-14-23/h7-9,11-20,29H,4-6,10,21H2,1-3H3. The zero-order valence-electron chi connectivity index (χ0n) is 20.7. The van der Waals surface area contributed by atoms with Crippen LogP contribution in [0.4, 0.5) is 0 Å². The van der Waals surface area contributed by atoms with Gasteiger partial charge in [0.25, 0.3) is 0 Å². The number of hydrogen-bond acceptors (Lipinski definition) is 5. The van der Waals surface area contributed by atoms with Gasteiger partial charge in [-0.3, -0.25) is 0 Å². The second-order valence-corrected chi connectivity index (χ2v) is 8.46. The Balaban J connectivity index is 1.67. The number of aromatic nitrogens is 1. The summed E-state index contributed by atoms with van der Waals surface area (Å²) in [7, 11) is 3.36. The topological polar surface area (TPSA) is 53.7 Å². The molecule has 0 radical (unpaired) electrons. The third-order valence-corrected chi connectivity index (χ3v) is 6.07. The maximum Gasteiger partial charge on any atom is 0.173 e. The molecule has 3 aromatic carbocycles. The van der Waals surface area contributed by atoms with E-state index < -0.39 is 0 Å². The minimum Gasteiger partial charge on any atom is -0.497 e. The fraction of sp³-hybridized carbons (Fsp3) is 0.300. The van der Waals surface area contributed by atoms with Gasteiger partial charge in [0.15, 0.2) is 5.76 Å². The van der Waals surface area contributed by atoms with E-state index in [2.05, 4.69) is 12.1 Å².